The van der Waals surface area contributed by atoms with Crippen molar-refractivity contribution in [3.8, 4) is 6.07 Å². The van der Waals surface area contributed by atoms with Gasteiger partial charge in [0, 0.05) is 0 Å². The fraction of sp³-hybridized carbons (Fsp3) is 0.500. The minimum atomic E-state index is -0.170. The van der Waals surface area contributed by atoms with E-state index in [2.05, 4.69) is 12.6 Å². The van der Waals surface area contributed by atoms with Crippen molar-refractivity contribution < 1.29 is 0 Å². The highest BCUT2D eigenvalue weighted by molar-refractivity contribution is 5.33. The average molecular weight is 147 g/mol. The van der Waals surface area contributed by atoms with Crippen LogP contribution < -0.4 is 0 Å². The van der Waals surface area contributed by atoms with Gasteiger partial charge in [-0.05, 0) is 31.8 Å². The maximum atomic E-state index is 8.93. The molecule has 0 aromatic carbocycles. The molecule has 0 bridgehead atoms. The summed E-state index contributed by atoms with van der Waals surface area (Å²) in [5.74, 6) is 0. The normalized spacial score (nSPS) is 21.6. The van der Waals surface area contributed by atoms with Crippen LogP contribution in [0.15, 0.2) is 24.3 Å². The lowest BCUT2D eigenvalue weighted by molar-refractivity contribution is 0.274. The van der Waals surface area contributed by atoms with Gasteiger partial charge in [-0.25, -0.2) is 0 Å². The molecule has 0 heterocycles. The highest BCUT2D eigenvalue weighted by Gasteiger charge is 2.38. The summed E-state index contributed by atoms with van der Waals surface area (Å²) in [5, 5.41) is 8.93. The fourth-order valence-corrected chi connectivity index (χ4v) is 1.58. The second kappa shape index (κ2) is 2.92. The molecular weight excluding hydrogens is 134 g/mol. The summed E-state index contributed by atoms with van der Waals surface area (Å²) in [6.07, 6.45) is 7.00. The molecule has 0 unspecified atom stereocenters. The Balaban J connectivity index is 2.86. The summed E-state index contributed by atoms with van der Waals surface area (Å²) in [6.45, 7) is 5.68. The number of allylic oxidation sites excluding steroid dienone is 3. The molecule has 0 aromatic heterocycles. The summed E-state index contributed by atoms with van der Waals surface area (Å²) in [4.78, 5) is 0. The highest BCUT2D eigenvalue weighted by Crippen LogP contribution is 2.46. The van der Waals surface area contributed by atoms with Crippen molar-refractivity contribution in [3.05, 3.63) is 24.3 Å². The van der Waals surface area contributed by atoms with Crippen molar-refractivity contribution in [1.82, 2.24) is 0 Å². The molecule has 1 aliphatic carbocycles. The van der Waals surface area contributed by atoms with E-state index < -0.39 is 0 Å². The van der Waals surface area contributed by atoms with E-state index in [-0.39, 0.29) is 5.41 Å². The van der Waals surface area contributed by atoms with Gasteiger partial charge in [-0.15, -0.1) is 0 Å². The van der Waals surface area contributed by atoms with E-state index in [0.29, 0.717) is 0 Å². The molecule has 1 fully saturated rings. The van der Waals surface area contributed by atoms with Gasteiger partial charge in [-0.2, -0.15) is 5.26 Å². The third-order valence-corrected chi connectivity index (χ3v) is 2.50. The first-order valence-corrected chi connectivity index (χ1v) is 3.99. The quantitative estimate of drug-likeness (QED) is 0.551. The van der Waals surface area contributed by atoms with Crippen molar-refractivity contribution >= 4 is 0 Å². The van der Waals surface area contributed by atoms with Gasteiger partial charge in [0.2, 0.25) is 0 Å². The molecular formula is C10H13N. The molecule has 0 saturated heterocycles. The Morgan fingerprint density at radius 3 is 2.36 bits per heavy atom. The van der Waals surface area contributed by atoms with Crippen LogP contribution in [0.5, 0.6) is 0 Å². The van der Waals surface area contributed by atoms with Gasteiger partial charge in [-0.1, -0.05) is 18.7 Å². The molecule has 58 valence electrons. The van der Waals surface area contributed by atoms with Crippen molar-refractivity contribution in [1.29, 1.82) is 5.26 Å². The highest BCUT2D eigenvalue weighted by atomic mass is 14.4. The molecule has 1 nitrogen and oxygen atoms in total. The van der Waals surface area contributed by atoms with Gasteiger partial charge in [-0.3, -0.25) is 0 Å². The molecule has 0 amide bonds. The number of hydrogen-bond donors (Lipinski definition) is 0. The van der Waals surface area contributed by atoms with Gasteiger partial charge in [0.1, 0.15) is 0 Å². The molecule has 1 heteroatoms. The Morgan fingerprint density at radius 1 is 1.64 bits per heavy atom. The number of nitrogens with zero attached hydrogens (tertiary/aromatic N) is 1. The maximum absolute atomic E-state index is 8.93. The van der Waals surface area contributed by atoms with E-state index in [1.54, 1.807) is 0 Å². The van der Waals surface area contributed by atoms with E-state index in [1.165, 1.54) is 6.42 Å². The smallest absolute Gasteiger partial charge is 0.0819 e. The van der Waals surface area contributed by atoms with Gasteiger partial charge in [0.15, 0.2) is 0 Å². The topological polar surface area (TPSA) is 23.8 Å². The minimum Gasteiger partial charge on any atom is -0.197 e. The van der Waals surface area contributed by atoms with Crippen molar-refractivity contribution in [2.45, 2.75) is 26.2 Å². The van der Waals surface area contributed by atoms with E-state index in [1.807, 2.05) is 19.1 Å². The summed E-state index contributed by atoms with van der Waals surface area (Å²) < 4.78 is 0. The molecule has 0 spiro atoms. The zero-order valence-corrected chi connectivity index (χ0v) is 6.93. The van der Waals surface area contributed by atoms with Crippen LogP contribution in [0.4, 0.5) is 0 Å². The zero-order valence-electron chi connectivity index (χ0n) is 6.93. The Hall–Kier alpha value is -1.03. The second-order valence-electron chi connectivity index (χ2n) is 3.00. The van der Waals surface area contributed by atoms with Crippen LogP contribution in [-0.2, 0) is 0 Å². The zero-order chi connectivity index (χ0) is 8.32. The molecule has 1 saturated carbocycles. The van der Waals surface area contributed by atoms with Crippen molar-refractivity contribution in [2.75, 3.05) is 0 Å². The fourth-order valence-electron chi connectivity index (χ4n) is 1.58. The minimum absolute atomic E-state index is 0.170. The lowest BCUT2D eigenvalue weighted by Crippen LogP contribution is -2.28. The summed E-state index contributed by atoms with van der Waals surface area (Å²) in [6, 6.07) is 2.38. The molecule has 0 radical (unpaired) electrons. The summed E-state index contributed by atoms with van der Waals surface area (Å²) in [7, 11) is 0. The van der Waals surface area contributed by atoms with Crippen molar-refractivity contribution in [3.63, 3.8) is 0 Å². The second-order valence-corrected chi connectivity index (χ2v) is 3.00. The van der Waals surface area contributed by atoms with Crippen LogP contribution in [-0.4, -0.2) is 0 Å². The third kappa shape index (κ3) is 1.09. The number of nitriles is 1. The van der Waals surface area contributed by atoms with Crippen LogP contribution in [0.1, 0.15) is 26.2 Å². The molecule has 0 N–H and O–H groups in total. The predicted molar refractivity (Wildman–Crippen MR) is 45.9 cm³/mol. The summed E-state index contributed by atoms with van der Waals surface area (Å²) >= 11 is 0. The standard InChI is InChI=1S/C10H13N/c1-3-9(4-2)10(8-11)6-5-7-10/h3-4H,1,5-7H2,2H3/b9-4+. The third-order valence-electron chi connectivity index (χ3n) is 2.50. The average Bonchev–Trinajstić information content (AvgIpc) is 1.96. The first-order chi connectivity index (χ1) is 5.29. The van der Waals surface area contributed by atoms with Crippen LogP contribution in [0.3, 0.4) is 0 Å². The molecule has 11 heavy (non-hydrogen) atoms. The molecule has 0 atom stereocenters. The first kappa shape index (κ1) is 8.07. The van der Waals surface area contributed by atoms with E-state index in [0.717, 1.165) is 18.4 Å². The van der Waals surface area contributed by atoms with Crippen LogP contribution in [0.25, 0.3) is 0 Å². The van der Waals surface area contributed by atoms with Gasteiger partial charge in [0.25, 0.3) is 0 Å². The van der Waals surface area contributed by atoms with Crippen LogP contribution in [0, 0.1) is 16.7 Å². The maximum Gasteiger partial charge on any atom is 0.0819 e. The predicted octanol–water partition coefficient (Wildman–Crippen LogP) is 2.81. The molecule has 0 aromatic rings. The first-order valence-electron chi connectivity index (χ1n) is 3.99. The van der Waals surface area contributed by atoms with Gasteiger partial charge < -0.3 is 0 Å². The summed E-state index contributed by atoms with van der Waals surface area (Å²) in [5.41, 5.74) is 0.933. The van der Waals surface area contributed by atoms with Gasteiger partial charge in [0.05, 0.1) is 11.5 Å². The van der Waals surface area contributed by atoms with E-state index in [4.69, 9.17) is 5.26 Å². The van der Waals surface area contributed by atoms with Crippen LogP contribution in [0.2, 0.25) is 0 Å². The van der Waals surface area contributed by atoms with Crippen LogP contribution >= 0.6 is 0 Å². The monoisotopic (exact) mass is 147 g/mol. The largest absolute Gasteiger partial charge is 0.197 e. The van der Waals surface area contributed by atoms with Gasteiger partial charge >= 0.3 is 0 Å². The van der Waals surface area contributed by atoms with Crippen molar-refractivity contribution in [2.24, 2.45) is 5.41 Å². The molecule has 1 rings (SSSR count). The van der Waals surface area contributed by atoms with E-state index in [9.17, 15) is 0 Å². The number of rotatable bonds is 2. The number of hydrogen-bond acceptors (Lipinski definition) is 1. The lowest BCUT2D eigenvalue weighted by Gasteiger charge is -2.36. The Labute approximate surface area is 68.0 Å². The molecule has 0 aliphatic heterocycles. The Bertz CT molecular complexity index is 226. The lowest BCUT2D eigenvalue weighted by atomic mass is 9.65. The molecule has 1 aliphatic rings. The van der Waals surface area contributed by atoms with E-state index >= 15 is 0 Å². The Morgan fingerprint density at radius 2 is 2.27 bits per heavy atom. The Kier molecular flexibility index (Phi) is 2.14. The SMILES string of the molecule is C=C/C(=C\C)C1(C#N)CCC1.